The molecule has 1 aromatic rings. The van der Waals surface area contributed by atoms with Crippen LogP contribution in [0.15, 0.2) is 27.1 Å². The first-order valence-corrected chi connectivity index (χ1v) is 4.72. The fourth-order valence-electron chi connectivity index (χ4n) is 0.649. The van der Waals surface area contributed by atoms with Gasteiger partial charge >= 0.3 is 0 Å². The van der Waals surface area contributed by atoms with Gasteiger partial charge in [0, 0.05) is 14.5 Å². The quantitative estimate of drug-likeness (QED) is 0.724. The molecule has 0 aliphatic carbocycles. The van der Waals surface area contributed by atoms with Crippen LogP contribution in [0.25, 0.3) is 0 Å². The number of carbonyl (C=O) groups is 1. The molecule has 58 valence electrons. The summed E-state index contributed by atoms with van der Waals surface area (Å²) in [5.74, 6) is 0. The molecule has 0 fully saturated rings. The number of halogens is 3. The zero-order chi connectivity index (χ0) is 8.43. The van der Waals surface area contributed by atoms with E-state index in [1.165, 1.54) is 0 Å². The molecule has 0 aliphatic heterocycles. The summed E-state index contributed by atoms with van der Waals surface area (Å²) < 4.78 is 1.61. The van der Waals surface area contributed by atoms with Crippen molar-refractivity contribution in [1.82, 2.24) is 0 Å². The summed E-state index contributed by atoms with van der Waals surface area (Å²) in [6.45, 7) is 0. The monoisotopic (exact) mass is 296 g/mol. The van der Waals surface area contributed by atoms with Gasteiger partial charge in [-0.1, -0.05) is 15.9 Å². The maximum atomic E-state index is 10.7. The second kappa shape index (κ2) is 3.70. The first kappa shape index (κ1) is 9.23. The maximum Gasteiger partial charge on any atom is 0.253 e. The van der Waals surface area contributed by atoms with Crippen molar-refractivity contribution in [3.8, 4) is 0 Å². The van der Waals surface area contributed by atoms with Crippen LogP contribution in [0.4, 0.5) is 0 Å². The Balaban J connectivity index is 3.20. The first-order valence-electron chi connectivity index (χ1n) is 2.76. The number of hydrogen-bond acceptors (Lipinski definition) is 1. The second-order valence-electron chi connectivity index (χ2n) is 1.90. The number of rotatable bonds is 1. The maximum absolute atomic E-state index is 10.7. The number of carbonyl (C=O) groups excluding carboxylic acids is 1. The van der Waals surface area contributed by atoms with E-state index < -0.39 is 5.24 Å². The van der Waals surface area contributed by atoms with Gasteiger partial charge in [0.25, 0.3) is 5.24 Å². The summed E-state index contributed by atoms with van der Waals surface area (Å²) in [4.78, 5) is 10.7. The van der Waals surface area contributed by atoms with Crippen molar-refractivity contribution >= 4 is 48.7 Å². The minimum absolute atomic E-state index is 0.454. The third-order valence-electron chi connectivity index (χ3n) is 1.14. The first-order chi connectivity index (χ1) is 5.11. The van der Waals surface area contributed by atoms with E-state index in [1.807, 2.05) is 0 Å². The number of hydrogen-bond donors (Lipinski definition) is 0. The van der Waals surface area contributed by atoms with Gasteiger partial charge in [-0.2, -0.15) is 0 Å². The predicted molar refractivity (Wildman–Crippen MR) is 52.0 cm³/mol. The molecule has 0 N–H and O–H groups in total. The van der Waals surface area contributed by atoms with Crippen LogP contribution in [-0.4, -0.2) is 5.24 Å². The van der Waals surface area contributed by atoms with Gasteiger partial charge in [0.1, 0.15) is 0 Å². The molecule has 0 saturated carbocycles. The molecule has 0 atom stereocenters. The van der Waals surface area contributed by atoms with Crippen molar-refractivity contribution in [1.29, 1.82) is 0 Å². The van der Waals surface area contributed by atoms with Crippen LogP contribution in [0.5, 0.6) is 0 Å². The Morgan fingerprint density at radius 1 is 1.36 bits per heavy atom. The van der Waals surface area contributed by atoms with Gasteiger partial charge in [-0.05, 0) is 45.7 Å². The summed E-state index contributed by atoms with van der Waals surface area (Å²) in [5, 5.41) is -0.454. The average Bonchev–Trinajstić information content (AvgIpc) is 1.85. The van der Waals surface area contributed by atoms with Crippen LogP contribution >= 0.6 is 43.5 Å². The van der Waals surface area contributed by atoms with E-state index in [1.54, 1.807) is 18.2 Å². The minimum Gasteiger partial charge on any atom is -0.276 e. The van der Waals surface area contributed by atoms with Crippen LogP contribution in [0.2, 0.25) is 0 Å². The Kier molecular flexibility index (Phi) is 3.10. The van der Waals surface area contributed by atoms with E-state index in [9.17, 15) is 4.79 Å². The van der Waals surface area contributed by atoms with Crippen molar-refractivity contribution in [3.05, 3.63) is 32.7 Å². The summed E-state index contributed by atoms with van der Waals surface area (Å²) in [6, 6.07) is 5.19. The highest BCUT2D eigenvalue weighted by Gasteiger charge is 2.05. The van der Waals surface area contributed by atoms with Crippen molar-refractivity contribution in [2.75, 3.05) is 0 Å². The molecule has 0 radical (unpaired) electrons. The molecule has 1 nitrogen and oxygen atoms in total. The Labute approximate surface area is 86.0 Å². The molecule has 11 heavy (non-hydrogen) atoms. The highest BCUT2D eigenvalue weighted by molar-refractivity contribution is 9.11. The molecule has 0 aromatic heterocycles. The zero-order valence-corrected chi connectivity index (χ0v) is 9.20. The lowest BCUT2D eigenvalue weighted by Crippen LogP contribution is -1.89. The molecular formula is C7H3Br2ClO. The number of benzene rings is 1. The molecule has 0 aliphatic rings. The molecule has 0 heterocycles. The smallest absolute Gasteiger partial charge is 0.253 e. The summed E-state index contributed by atoms with van der Waals surface area (Å²) >= 11 is 11.7. The van der Waals surface area contributed by atoms with E-state index in [4.69, 9.17) is 11.6 Å². The lowest BCUT2D eigenvalue weighted by Gasteiger charge is -1.97. The van der Waals surface area contributed by atoms with E-state index in [2.05, 4.69) is 31.9 Å². The summed E-state index contributed by atoms with van der Waals surface area (Å²) in [5.41, 5.74) is 0.481. The van der Waals surface area contributed by atoms with E-state index >= 15 is 0 Å². The lowest BCUT2D eigenvalue weighted by molar-refractivity contribution is 0.108. The molecule has 0 saturated heterocycles. The minimum atomic E-state index is -0.454. The Morgan fingerprint density at radius 3 is 2.45 bits per heavy atom. The third-order valence-corrected chi connectivity index (χ3v) is 2.50. The van der Waals surface area contributed by atoms with Crippen LogP contribution < -0.4 is 0 Å². The fraction of sp³-hybridized carbons (Fsp3) is 0. The van der Waals surface area contributed by atoms with E-state index in [0.717, 1.165) is 4.47 Å². The van der Waals surface area contributed by atoms with Crippen molar-refractivity contribution in [2.45, 2.75) is 0 Å². The van der Waals surface area contributed by atoms with Gasteiger partial charge in [0.05, 0.1) is 0 Å². The summed E-state index contributed by atoms with van der Waals surface area (Å²) in [6.07, 6.45) is 0. The predicted octanol–water partition coefficient (Wildman–Crippen LogP) is 3.59. The Hall–Kier alpha value is 0.140. The second-order valence-corrected chi connectivity index (χ2v) is 4.01. The normalized spacial score (nSPS) is 9.73. The molecular weight excluding hydrogens is 295 g/mol. The molecule has 0 spiro atoms. The van der Waals surface area contributed by atoms with E-state index in [-0.39, 0.29) is 0 Å². The fourth-order valence-corrected chi connectivity index (χ4v) is 2.15. The molecule has 0 bridgehead atoms. The van der Waals surface area contributed by atoms with Gasteiger partial charge in [0.2, 0.25) is 0 Å². The standard InChI is InChI=1S/C7H3Br2ClO/c8-4-1-2-5(7(10)11)6(9)3-4/h1-3H. The van der Waals surface area contributed by atoms with Crippen LogP contribution in [0.3, 0.4) is 0 Å². The highest BCUT2D eigenvalue weighted by atomic mass is 79.9. The molecule has 4 heteroatoms. The van der Waals surface area contributed by atoms with Crippen molar-refractivity contribution < 1.29 is 4.79 Å². The van der Waals surface area contributed by atoms with Gasteiger partial charge in [0.15, 0.2) is 0 Å². The Bertz CT molecular complexity index is 298. The SMILES string of the molecule is O=C(Cl)c1ccc(Br)cc1Br. The average molecular weight is 298 g/mol. The molecule has 1 rings (SSSR count). The van der Waals surface area contributed by atoms with Crippen LogP contribution in [0.1, 0.15) is 10.4 Å². The molecule has 0 unspecified atom stereocenters. The Morgan fingerprint density at radius 2 is 2.00 bits per heavy atom. The van der Waals surface area contributed by atoms with Gasteiger partial charge in [-0.25, -0.2) is 0 Å². The highest BCUT2D eigenvalue weighted by Crippen LogP contribution is 2.22. The largest absolute Gasteiger partial charge is 0.276 e. The third kappa shape index (κ3) is 2.29. The topological polar surface area (TPSA) is 17.1 Å². The van der Waals surface area contributed by atoms with Crippen LogP contribution in [0, 0.1) is 0 Å². The van der Waals surface area contributed by atoms with Crippen LogP contribution in [-0.2, 0) is 0 Å². The van der Waals surface area contributed by atoms with Crippen molar-refractivity contribution in [3.63, 3.8) is 0 Å². The van der Waals surface area contributed by atoms with Gasteiger partial charge in [-0.3, -0.25) is 4.79 Å². The molecule has 0 amide bonds. The van der Waals surface area contributed by atoms with Gasteiger partial charge < -0.3 is 0 Å². The lowest BCUT2D eigenvalue weighted by atomic mass is 10.2. The molecule has 1 aromatic carbocycles. The van der Waals surface area contributed by atoms with Gasteiger partial charge in [-0.15, -0.1) is 0 Å². The zero-order valence-electron chi connectivity index (χ0n) is 5.27. The summed E-state index contributed by atoms with van der Waals surface area (Å²) in [7, 11) is 0. The van der Waals surface area contributed by atoms with E-state index in [0.29, 0.717) is 10.0 Å². The van der Waals surface area contributed by atoms with Crippen molar-refractivity contribution in [2.24, 2.45) is 0 Å².